The Morgan fingerprint density at radius 1 is 1.09 bits per heavy atom. The van der Waals surface area contributed by atoms with E-state index in [1.54, 1.807) is 11.3 Å². The molecular weight excluding hydrogens is 481 g/mol. The molecule has 4 aromatic rings. The molecule has 0 atom stereocenters. The number of carbonyl (C=O) groups is 1. The lowest BCUT2D eigenvalue weighted by Gasteiger charge is -2.13. The second-order valence-corrected chi connectivity index (χ2v) is 9.40. The number of rotatable bonds is 7. The number of hydrogen-bond acceptors (Lipinski definition) is 5. The second kappa shape index (κ2) is 10.0. The van der Waals surface area contributed by atoms with Crippen molar-refractivity contribution in [3.05, 3.63) is 70.4 Å². The van der Waals surface area contributed by atoms with Crippen molar-refractivity contribution in [2.24, 2.45) is 0 Å². The molecule has 2 aromatic heterocycles. The average Bonchev–Trinajstić information content (AvgIpc) is 3.40. The molecule has 0 aliphatic heterocycles. The summed E-state index contributed by atoms with van der Waals surface area (Å²) in [7, 11) is 0. The lowest BCUT2D eigenvalue weighted by molar-refractivity contribution is -0.137. The molecule has 34 heavy (non-hydrogen) atoms. The molecule has 0 unspecified atom stereocenters. The minimum atomic E-state index is -4.55. The smallest absolute Gasteiger partial charge is 0.325 e. The molecule has 0 radical (unpaired) electrons. The van der Waals surface area contributed by atoms with Crippen molar-refractivity contribution < 1.29 is 18.0 Å². The lowest BCUT2D eigenvalue weighted by Crippen LogP contribution is -2.18. The molecule has 0 aliphatic carbocycles. The highest BCUT2D eigenvalue weighted by Gasteiger charge is 2.33. The first-order valence-electron chi connectivity index (χ1n) is 10.5. The van der Waals surface area contributed by atoms with Gasteiger partial charge in [0, 0.05) is 27.9 Å². The van der Waals surface area contributed by atoms with E-state index in [4.69, 9.17) is 0 Å². The highest BCUT2D eigenvalue weighted by atomic mass is 32.2. The predicted molar refractivity (Wildman–Crippen MR) is 130 cm³/mol. The number of nitrogens with zero attached hydrogens (tertiary/aromatic N) is 3. The van der Waals surface area contributed by atoms with Crippen LogP contribution >= 0.6 is 23.1 Å². The molecule has 10 heteroatoms. The van der Waals surface area contributed by atoms with Gasteiger partial charge in [0.05, 0.1) is 17.0 Å². The van der Waals surface area contributed by atoms with Gasteiger partial charge in [-0.1, -0.05) is 54.2 Å². The Morgan fingerprint density at radius 3 is 2.50 bits per heavy atom. The summed E-state index contributed by atoms with van der Waals surface area (Å²) >= 11 is 2.76. The number of hydrogen-bond donors (Lipinski definition) is 1. The van der Waals surface area contributed by atoms with Gasteiger partial charge in [-0.3, -0.25) is 4.79 Å². The van der Waals surface area contributed by atoms with Gasteiger partial charge in [0.1, 0.15) is 0 Å². The summed E-state index contributed by atoms with van der Waals surface area (Å²) in [5, 5.41) is 13.6. The highest BCUT2D eigenvalue weighted by Crippen LogP contribution is 2.39. The fraction of sp³-hybridized carbons (Fsp3) is 0.208. The van der Waals surface area contributed by atoms with Gasteiger partial charge in [-0.25, -0.2) is 0 Å². The van der Waals surface area contributed by atoms with Crippen molar-refractivity contribution >= 4 is 34.7 Å². The maximum atomic E-state index is 13.2. The summed E-state index contributed by atoms with van der Waals surface area (Å²) in [5.74, 6) is 0.0414. The Bertz CT molecular complexity index is 1300. The Balaban J connectivity index is 1.54. The van der Waals surface area contributed by atoms with E-state index in [2.05, 4.69) is 22.4 Å². The molecule has 0 bridgehead atoms. The first-order valence-corrected chi connectivity index (χ1v) is 12.3. The van der Waals surface area contributed by atoms with E-state index >= 15 is 0 Å². The first-order chi connectivity index (χ1) is 16.3. The molecule has 0 aliphatic rings. The Kier molecular flexibility index (Phi) is 7.08. The summed E-state index contributed by atoms with van der Waals surface area (Å²) in [6.07, 6.45) is -4.55. The fourth-order valence-electron chi connectivity index (χ4n) is 3.62. The van der Waals surface area contributed by atoms with Gasteiger partial charge in [-0.15, -0.1) is 21.5 Å². The number of alkyl halides is 3. The van der Waals surface area contributed by atoms with Crippen LogP contribution in [0.15, 0.2) is 65.1 Å². The number of thiophene rings is 1. The number of nitrogens with one attached hydrogen (secondary N) is 1. The average molecular weight is 503 g/mol. The minimum absolute atomic E-state index is 0.0987. The number of para-hydroxylation sites is 1. The van der Waals surface area contributed by atoms with E-state index in [1.807, 2.05) is 47.2 Å². The summed E-state index contributed by atoms with van der Waals surface area (Å²) in [5.41, 5.74) is 1.98. The van der Waals surface area contributed by atoms with E-state index in [-0.39, 0.29) is 11.4 Å². The Morgan fingerprint density at radius 2 is 1.79 bits per heavy atom. The normalized spacial score (nSPS) is 11.6. The zero-order valence-electron chi connectivity index (χ0n) is 18.4. The number of aryl methyl sites for hydroxylation is 1. The van der Waals surface area contributed by atoms with Gasteiger partial charge < -0.3 is 9.88 Å². The monoisotopic (exact) mass is 502 g/mol. The second-order valence-electron chi connectivity index (χ2n) is 7.38. The number of carbonyl (C=O) groups excluding carboxylic acids is 1. The summed E-state index contributed by atoms with van der Waals surface area (Å²) in [6, 6.07) is 14.9. The Labute approximate surface area is 203 Å². The number of aromatic nitrogens is 3. The summed E-state index contributed by atoms with van der Waals surface area (Å²) in [4.78, 5) is 13.6. The quantitative estimate of drug-likeness (QED) is 0.284. The molecule has 2 heterocycles. The number of thioether (sulfide) groups is 1. The van der Waals surface area contributed by atoms with Gasteiger partial charge in [-0.2, -0.15) is 13.2 Å². The Hall–Kier alpha value is -3.11. The van der Waals surface area contributed by atoms with Crippen molar-refractivity contribution in [2.75, 3.05) is 11.1 Å². The minimum Gasteiger partial charge on any atom is -0.325 e. The van der Waals surface area contributed by atoms with E-state index in [9.17, 15) is 18.0 Å². The van der Waals surface area contributed by atoms with Crippen LogP contribution in [0.3, 0.4) is 0 Å². The molecule has 0 fully saturated rings. The first kappa shape index (κ1) is 24.0. The van der Waals surface area contributed by atoms with Crippen molar-refractivity contribution in [3.8, 4) is 22.5 Å². The van der Waals surface area contributed by atoms with E-state index in [1.165, 1.54) is 18.2 Å². The third-order valence-electron chi connectivity index (χ3n) is 5.15. The molecule has 0 spiro atoms. The van der Waals surface area contributed by atoms with E-state index < -0.39 is 17.6 Å². The van der Waals surface area contributed by atoms with Crippen molar-refractivity contribution in [2.45, 2.75) is 31.7 Å². The molecule has 4 rings (SSSR count). The predicted octanol–water partition coefficient (Wildman–Crippen LogP) is 6.75. The number of anilines is 1. The molecule has 0 saturated carbocycles. The highest BCUT2D eigenvalue weighted by molar-refractivity contribution is 7.99. The third-order valence-corrected chi connectivity index (χ3v) is 7.03. The van der Waals surface area contributed by atoms with Crippen LogP contribution in [0.5, 0.6) is 0 Å². The molecule has 1 amide bonds. The van der Waals surface area contributed by atoms with Crippen LogP contribution < -0.4 is 5.32 Å². The maximum Gasteiger partial charge on any atom is 0.418 e. The molecule has 0 saturated heterocycles. The molecule has 5 nitrogen and oxygen atoms in total. The number of amides is 1. The number of benzene rings is 2. The SMILES string of the molecule is CCn1c(SCC(=O)Nc2ccccc2C(F)(F)F)nnc1-c1csc(C)c1-c1ccccc1. The van der Waals surface area contributed by atoms with Crippen LogP contribution in [-0.2, 0) is 17.5 Å². The van der Waals surface area contributed by atoms with E-state index in [0.29, 0.717) is 17.5 Å². The summed E-state index contributed by atoms with van der Waals surface area (Å²) < 4.78 is 41.5. The van der Waals surface area contributed by atoms with Gasteiger partial charge in [0.15, 0.2) is 11.0 Å². The van der Waals surface area contributed by atoms with Crippen LogP contribution in [-0.4, -0.2) is 26.4 Å². The summed E-state index contributed by atoms with van der Waals surface area (Å²) in [6.45, 7) is 4.59. The van der Waals surface area contributed by atoms with Crippen molar-refractivity contribution in [1.29, 1.82) is 0 Å². The maximum absolute atomic E-state index is 13.2. The van der Waals surface area contributed by atoms with Gasteiger partial charge in [-0.05, 0) is 31.5 Å². The third kappa shape index (κ3) is 5.02. The molecule has 176 valence electrons. The lowest BCUT2D eigenvalue weighted by atomic mass is 10.0. The van der Waals surface area contributed by atoms with Gasteiger partial charge in [0.2, 0.25) is 5.91 Å². The standard InChI is InChI=1S/C24H21F3N4OS2/c1-3-31-22(17-13-33-15(2)21(17)16-9-5-4-6-10-16)29-30-23(31)34-14-20(32)28-19-12-8-7-11-18(19)24(25,26)27/h4-13H,3,14H2,1-2H3,(H,28,32). The largest absolute Gasteiger partial charge is 0.418 e. The van der Waals surface area contributed by atoms with Crippen LogP contribution in [0.1, 0.15) is 17.4 Å². The van der Waals surface area contributed by atoms with Gasteiger partial charge >= 0.3 is 6.18 Å². The van der Waals surface area contributed by atoms with Gasteiger partial charge in [0.25, 0.3) is 0 Å². The number of halogens is 3. The van der Waals surface area contributed by atoms with Crippen molar-refractivity contribution in [1.82, 2.24) is 14.8 Å². The fourth-order valence-corrected chi connectivity index (χ4v) is 5.28. The van der Waals surface area contributed by atoms with Crippen LogP contribution in [0, 0.1) is 6.92 Å². The molecule has 1 N–H and O–H groups in total. The van der Waals surface area contributed by atoms with Crippen LogP contribution in [0.4, 0.5) is 18.9 Å². The van der Waals surface area contributed by atoms with Crippen molar-refractivity contribution in [3.63, 3.8) is 0 Å². The topological polar surface area (TPSA) is 59.8 Å². The van der Waals surface area contributed by atoms with Crippen LogP contribution in [0.2, 0.25) is 0 Å². The zero-order valence-corrected chi connectivity index (χ0v) is 20.0. The molecular formula is C24H21F3N4OS2. The van der Waals surface area contributed by atoms with Crippen LogP contribution in [0.25, 0.3) is 22.5 Å². The molecule has 2 aromatic carbocycles. The zero-order chi connectivity index (χ0) is 24.3. The van der Waals surface area contributed by atoms with E-state index in [0.717, 1.165) is 39.4 Å².